The number of hydrogen-bond donors (Lipinski definition) is 1. The van der Waals surface area contributed by atoms with Crippen LogP contribution in [0.2, 0.25) is 0 Å². The summed E-state index contributed by atoms with van der Waals surface area (Å²) in [6.45, 7) is 3.58. The van der Waals surface area contributed by atoms with Gasteiger partial charge in [0.2, 0.25) is 16.9 Å². The number of aryl methyl sites for hydroxylation is 2. The molecule has 1 N–H and O–H groups in total. The lowest BCUT2D eigenvalue weighted by Gasteiger charge is -2.18. The van der Waals surface area contributed by atoms with Crippen molar-refractivity contribution < 1.29 is 14.3 Å². The number of hydrogen-bond acceptors (Lipinski definition) is 6. The standard InChI is InChI=1S/C19H22N4O3S/c1-2-16-21-22-19(27-16)23-11-14(9-17(23)24)18(25)20-10-12-5-6-15-13(8-12)4-3-7-26-15/h5-6,8,14H,2-4,7,9-11H2,1H3,(H,20,25). The fourth-order valence-electron chi connectivity index (χ4n) is 3.42. The summed E-state index contributed by atoms with van der Waals surface area (Å²) < 4.78 is 5.62. The van der Waals surface area contributed by atoms with Gasteiger partial charge in [-0.25, -0.2) is 0 Å². The molecule has 0 radical (unpaired) electrons. The Morgan fingerprint density at radius 3 is 3.11 bits per heavy atom. The van der Waals surface area contributed by atoms with Crippen molar-refractivity contribution in [3.63, 3.8) is 0 Å². The Kier molecular flexibility index (Phi) is 5.07. The summed E-state index contributed by atoms with van der Waals surface area (Å²) in [4.78, 5) is 26.4. The molecule has 2 aliphatic heterocycles. The fourth-order valence-corrected chi connectivity index (χ4v) is 4.23. The Morgan fingerprint density at radius 1 is 1.41 bits per heavy atom. The molecule has 1 aromatic heterocycles. The molecule has 1 fully saturated rings. The summed E-state index contributed by atoms with van der Waals surface area (Å²) in [6.07, 6.45) is 3.03. The molecule has 3 heterocycles. The van der Waals surface area contributed by atoms with Crippen LogP contribution < -0.4 is 15.0 Å². The van der Waals surface area contributed by atoms with Crippen molar-refractivity contribution in [3.8, 4) is 5.75 Å². The summed E-state index contributed by atoms with van der Waals surface area (Å²) in [6, 6.07) is 6.04. The largest absolute Gasteiger partial charge is 0.493 e. The van der Waals surface area contributed by atoms with E-state index < -0.39 is 0 Å². The quantitative estimate of drug-likeness (QED) is 0.851. The number of fused-ring (bicyclic) bond motifs is 1. The number of nitrogens with one attached hydrogen (secondary N) is 1. The van der Waals surface area contributed by atoms with Gasteiger partial charge in [0.25, 0.3) is 0 Å². The van der Waals surface area contributed by atoms with E-state index in [1.165, 1.54) is 16.9 Å². The first-order valence-corrected chi connectivity index (χ1v) is 10.1. The minimum Gasteiger partial charge on any atom is -0.493 e. The number of anilines is 1. The van der Waals surface area contributed by atoms with Gasteiger partial charge >= 0.3 is 0 Å². The zero-order valence-corrected chi connectivity index (χ0v) is 16.1. The average Bonchev–Trinajstić information content (AvgIpc) is 3.32. The Bertz CT molecular complexity index is 866. The van der Waals surface area contributed by atoms with Crippen LogP contribution in [-0.2, 0) is 29.0 Å². The van der Waals surface area contributed by atoms with Crippen molar-refractivity contribution in [1.82, 2.24) is 15.5 Å². The number of amides is 2. The second kappa shape index (κ2) is 7.64. The molecule has 2 aromatic rings. The number of nitrogens with zero attached hydrogens (tertiary/aromatic N) is 3. The SMILES string of the molecule is CCc1nnc(N2CC(C(=O)NCc3ccc4c(c3)CCCO4)CC2=O)s1. The third-order valence-corrected chi connectivity index (χ3v) is 6.02. The smallest absolute Gasteiger partial charge is 0.229 e. The van der Waals surface area contributed by atoms with Crippen molar-refractivity contribution in [1.29, 1.82) is 0 Å². The molecule has 1 aromatic carbocycles. The summed E-state index contributed by atoms with van der Waals surface area (Å²) in [7, 11) is 0. The fraction of sp³-hybridized carbons (Fsp3) is 0.474. The van der Waals surface area contributed by atoms with Crippen molar-refractivity contribution in [3.05, 3.63) is 34.3 Å². The maximum atomic E-state index is 12.5. The summed E-state index contributed by atoms with van der Waals surface area (Å²) in [5, 5.41) is 12.6. The van der Waals surface area contributed by atoms with E-state index in [0.717, 1.165) is 42.2 Å². The van der Waals surface area contributed by atoms with Gasteiger partial charge in [-0.05, 0) is 36.5 Å². The highest BCUT2D eigenvalue weighted by Gasteiger charge is 2.36. The highest BCUT2D eigenvalue weighted by molar-refractivity contribution is 7.15. The van der Waals surface area contributed by atoms with Gasteiger partial charge in [0.15, 0.2) is 0 Å². The number of carbonyl (C=O) groups is 2. The van der Waals surface area contributed by atoms with Crippen molar-refractivity contribution in [2.45, 2.75) is 39.2 Å². The zero-order chi connectivity index (χ0) is 18.8. The lowest BCUT2D eigenvalue weighted by molar-refractivity contribution is -0.126. The van der Waals surface area contributed by atoms with Crippen molar-refractivity contribution in [2.75, 3.05) is 18.1 Å². The molecule has 2 amide bonds. The van der Waals surface area contributed by atoms with Crippen LogP contribution in [0.3, 0.4) is 0 Å². The molecule has 8 heteroatoms. The van der Waals surface area contributed by atoms with E-state index >= 15 is 0 Å². The van der Waals surface area contributed by atoms with Crippen LogP contribution in [0.1, 0.15) is 35.9 Å². The van der Waals surface area contributed by atoms with Crippen LogP contribution in [-0.4, -0.2) is 35.2 Å². The topological polar surface area (TPSA) is 84.4 Å². The Morgan fingerprint density at radius 2 is 2.30 bits per heavy atom. The molecule has 0 aliphatic carbocycles. The van der Waals surface area contributed by atoms with Gasteiger partial charge in [0.1, 0.15) is 10.8 Å². The van der Waals surface area contributed by atoms with E-state index in [4.69, 9.17) is 4.74 Å². The third-order valence-electron chi connectivity index (χ3n) is 4.93. The molecule has 2 aliphatic rings. The van der Waals surface area contributed by atoms with Gasteiger partial charge in [-0.2, -0.15) is 0 Å². The molecule has 7 nitrogen and oxygen atoms in total. The number of benzene rings is 1. The monoisotopic (exact) mass is 386 g/mol. The molecule has 0 saturated carbocycles. The van der Waals surface area contributed by atoms with E-state index in [2.05, 4.69) is 21.6 Å². The normalized spacial score (nSPS) is 18.9. The highest BCUT2D eigenvalue weighted by atomic mass is 32.1. The molecule has 1 unspecified atom stereocenters. The predicted molar refractivity (Wildman–Crippen MR) is 102 cm³/mol. The van der Waals surface area contributed by atoms with E-state index in [-0.39, 0.29) is 24.2 Å². The molecule has 4 rings (SSSR count). The maximum Gasteiger partial charge on any atom is 0.229 e. The minimum atomic E-state index is -0.354. The molecule has 1 saturated heterocycles. The van der Waals surface area contributed by atoms with Gasteiger partial charge in [0, 0.05) is 19.5 Å². The van der Waals surface area contributed by atoms with Gasteiger partial charge in [-0.15, -0.1) is 10.2 Å². The van der Waals surface area contributed by atoms with Gasteiger partial charge in [0.05, 0.1) is 12.5 Å². The van der Waals surface area contributed by atoms with Gasteiger partial charge in [-0.1, -0.05) is 30.4 Å². The maximum absolute atomic E-state index is 12.5. The number of carbonyl (C=O) groups excluding carboxylic acids is 2. The van der Waals surface area contributed by atoms with Crippen molar-refractivity contribution >= 4 is 28.3 Å². The molecule has 0 bridgehead atoms. The van der Waals surface area contributed by atoms with E-state index in [0.29, 0.717) is 18.2 Å². The highest BCUT2D eigenvalue weighted by Crippen LogP contribution is 2.28. The van der Waals surface area contributed by atoms with Crippen molar-refractivity contribution in [2.24, 2.45) is 5.92 Å². The Hall–Kier alpha value is -2.48. The molecule has 142 valence electrons. The lowest BCUT2D eigenvalue weighted by Crippen LogP contribution is -2.32. The predicted octanol–water partition coefficient (Wildman–Crippen LogP) is 2.09. The number of ether oxygens (including phenoxy) is 1. The van der Waals surface area contributed by atoms with E-state index in [1.54, 1.807) is 4.90 Å². The van der Waals surface area contributed by atoms with Crippen LogP contribution in [0, 0.1) is 5.92 Å². The van der Waals surface area contributed by atoms with Crippen LogP contribution in [0.15, 0.2) is 18.2 Å². The molecular weight excluding hydrogens is 364 g/mol. The van der Waals surface area contributed by atoms with Gasteiger partial charge in [-0.3, -0.25) is 14.5 Å². The van der Waals surface area contributed by atoms with E-state index in [1.807, 2.05) is 19.1 Å². The average molecular weight is 386 g/mol. The second-order valence-corrected chi connectivity index (χ2v) is 7.89. The first-order chi connectivity index (χ1) is 13.1. The summed E-state index contributed by atoms with van der Waals surface area (Å²) in [5.74, 6) is 0.421. The van der Waals surface area contributed by atoms with Crippen LogP contribution in [0.5, 0.6) is 5.75 Å². The second-order valence-electron chi connectivity index (χ2n) is 6.85. The minimum absolute atomic E-state index is 0.0696. The first-order valence-electron chi connectivity index (χ1n) is 9.29. The number of aromatic nitrogens is 2. The van der Waals surface area contributed by atoms with Crippen LogP contribution in [0.4, 0.5) is 5.13 Å². The Labute approximate surface area is 161 Å². The third kappa shape index (κ3) is 3.80. The summed E-state index contributed by atoms with van der Waals surface area (Å²) >= 11 is 1.41. The lowest BCUT2D eigenvalue weighted by atomic mass is 10.0. The molecule has 27 heavy (non-hydrogen) atoms. The van der Waals surface area contributed by atoms with Crippen LogP contribution >= 0.6 is 11.3 Å². The number of rotatable bonds is 5. The zero-order valence-electron chi connectivity index (χ0n) is 15.2. The van der Waals surface area contributed by atoms with E-state index in [9.17, 15) is 9.59 Å². The van der Waals surface area contributed by atoms with Gasteiger partial charge < -0.3 is 10.1 Å². The first kappa shape index (κ1) is 17.9. The Balaban J connectivity index is 1.35. The summed E-state index contributed by atoms with van der Waals surface area (Å²) in [5.41, 5.74) is 2.24. The van der Waals surface area contributed by atoms with Crippen LogP contribution in [0.25, 0.3) is 0 Å². The molecular formula is C19H22N4O3S. The molecule has 1 atom stereocenters. The molecule has 0 spiro atoms.